The van der Waals surface area contributed by atoms with Crippen LogP contribution < -0.4 is 14.4 Å². The Balaban J connectivity index is 1.15. The van der Waals surface area contributed by atoms with Gasteiger partial charge in [-0.25, -0.2) is 13.0 Å². The van der Waals surface area contributed by atoms with Gasteiger partial charge in [-0.05, 0) is 96.8 Å². The first kappa shape index (κ1) is 51.5. The molecule has 7 rings (SSSR count). The molecule has 0 bridgehead atoms. The van der Waals surface area contributed by atoms with Crippen molar-refractivity contribution in [3.63, 3.8) is 0 Å². The Kier molecular flexibility index (Phi) is 17.5. The molecular formula is C58H78N3O5S2+. The number of nitrogens with zero attached hydrogens (tertiary/aromatic N) is 3. The van der Waals surface area contributed by atoms with Crippen molar-refractivity contribution in [3.05, 3.63) is 149 Å². The van der Waals surface area contributed by atoms with E-state index in [0.29, 0.717) is 35.6 Å². The van der Waals surface area contributed by atoms with Gasteiger partial charge in [0.1, 0.15) is 0 Å². The van der Waals surface area contributed by atoms with Crippen LogP contribution in [-0.2, 0) is 27.2 Å². The summed E-state index contributed by atoms with van der Waals surface area (Å²) in [7, 11) is 1.08. The highest BCUT2D eigenvalue weighted by Crippen LogP contribution is 2.51. The number of fused-ring (bicyclic) bond motifs is 2. The number of hydrogen-bond donors (Lipinski definition) is 2. The predicted octanol–water partition coefficient (Wildman–Crippen LogP) is 11.2. The zero-order valence-corrected chi connectivity index (χ0v) is 43.3. The van der Waals surface area contributed by atoms with Crippen LogP contribution in [0.5, 0.6) is 0 Å². The highest BCUT2D eigenvalue weighted by Gasteiger charge is 2.50. The summed E-state index contributed by atoms with van der Waals surface area (Å²) in [4.78, 5) is 5.45. The average Bonchev–Trinajstić information content (AvgIpc) is 3.47. The maximum absolute atomic E-state index is 14.7. The largest absolute Gasteiger partial charge is 0.392 e. The van der Waals surface area contributed by atoms with E-state index >= 15 is 0 Å². The van der Waals surface area contributed by atoms with Crippen LogP contribution in [-0.4, -0.2) is 74.2 Å². The van der Waals surface area contributed by atoms with E-state index in [9.17, 15) is 22.8 Å². The first-order chi connectivity index (χ1) is 32.8. The van der Waals surface area contributed by atoms with Crippen LogP contribution in [0.4, 0.5) is 11.4 Å². The van der Waals surface area contributed by atoms with Gasteiger partial charge in [-0.15, -0.1) is 0 Å². The molecular weight excluding hydrogens is 883 g/mol. The third kappa shape index (κ3) is 11.5. The molecule has 0 radical (unpaired) electrons. The highest BCUT2D eigenvalue weighted by atomic mass is 32.2. The van der Waals surface area contributed by atoms with Crippen molar-refractivity contribution >= 4 is 32.0 Å². The lowest BCUT2D eigenvalue weighted by Crippen LogP contribution is -2.43. The second-order valence-electron chi connectivity index (χ2n) is 20.4. The standard InChI is InChI=1S/C58H78N3O5S2/c1-7-10-31-57(42-67(64)51-29-27-47(59(4)5)39-49(51)53(55(57)62)45-24-16-13-17-25-45)34-18-14-19-35-60(6)48-28-30-52-50(40-48)54(46-26-22-23-44(38-46)41-61-36-20-15-21-37-61)56(63)58(32-11-8-2,33-12-9-3)43-68(52,65)66/h13,15-17,20-30,36-40,53-56,62-63H,7-12,14,18-19,31-35,41-43H2,1-6H3/q+1/t53-,54-,55-,56-,57?,67+/m1/s1. The van der Waals surface area contributed by atoms with Crippen molar-refractivity contribution in [2.45, 2.75) is 145 Å². The van der Waals surface area contributed by atoms with Crippen LogP contribution in [0.15, 0.2) is 131 Å². The van der Waals surface area contributed by atoms with E-state index in [1.165, 1.54) is 0 Å². The number of hydrogen-bond acceptors (Lipinski definition) is 7. The number of aliphatic hydroxyl groups is 2. The molecule has 1 unspecified atom stereocenters. The summed E-state index contributed by atoms with van der Waals surface area (Å²) in [6, 6.07) is 36.8. The minimum atomic E-state index is -3.75. The summed E-state index contributed by atoms with van der Waals surface area (Å²) in [6.45, 7) is 7.88. The van der Waals surface area contributed by atoms with Gasteiger partial charge in [0.15, 0.2) is 28.8 Å². The molecule has 0 spiro atoms. The Morgan fingerprint density at radius 2 is 1.22 bits per heavy atom. The lowest BCUT2D eigenvalue weighted by atomic mass is 9.68. The molecule has 8 nitrogen and oxygen atoms in total. The molecule has 0 fully saturated rings. The molecule has 6 atom stereocenters. The van der Waals surface area contributed by atoms with E-state index in [-0.39, 0.29) is 11.7 Å². The van der Waals surface area contributed by atoms with Crippen LogP contribution in [0.1, 0.15) is 144 Å². The Morgan fingerprint density at radius 1 is 0.632 bits per heavy atom. The van der Waals surface area contributed by atoms with Crippen LogP contribution >= 0.6 is 0 Å². The van der Waals surface area contributed by atoms with E-state index in [0.717, 1.165) is 116 Å². The molecule has 68 heavy (non-hydrogen) atoms. The topological polar surface area (TPSA) is 102 Å². The normalized spacial score (nSPS) is 22.9. The second-order valence-corrected chi connectivity index (χ2v) is 23.8. The number of aliphatic hydroxyl groups excluding tert-OH is 2. The minimum Gasteiger partial charge on any atom is -0.392 e. The zero-order valence-electron chi connectivity index (χ0n) is 41.7. The van der Waals surface area contributed by atoms with Crippen LogP contribution in [0, 0.1) is 10.8 Å². The summed E-state index contributed by atoms with van der Waals surface area (Å²) < 4.78 is 46.0. The summed E-state index contributed by atoms with van der Waals surface area (Å²) in [5.41, 5.74) is 5.38. The summed E-state index contributed by atoms with van der Waals surface area (Å²) >= 11 is 0. The maximum Gasteiger partial charge on any atom is 0.179 e. The van der Waals surface area contributed by atoms with Crippen molar-refractivity contribution in [1.82, 2.24) is 0 Å². The van der Waals surface area contributed by atoms with E-state index in [2.05, 4.69) is 90.7 Å². The lowest BCUT2D eigenvalue weighted by Gasteiger charge is -2.40. The van der Waals surface area contributed by atoms with Gasteiger partial charge in [0.2, 0.25) is 0 Å². The molecule has 0 aliphatic carbocycles. The van der Waals surface area contributed by atoms with Crippen molar-refractivity contribution in [1.29, 1.82) is 0 Å². The van der Waals surface area contributed by atoms with Gasteiger partial charge in [-0.3, -0.25) is 4.21 Å². The molecule has 0 amide bonds. The lowest BCUT2D eigenvalue weighted by molar-refractivity contribution is -0.688. The van der Waals surface area contributed by atoms with Gasteiger partial charge in [0.05, 0.1) is 33.7 Å². The number of unbranched alkanes of at least 4 members (excludes halogenated alkanes) is 5. The van der Waals surface area contributed by atoms with Crippen LogP contribution in [0.2, 0.25) is 0 Å². The molecule has 4 aromatic carbocycles. The second kappa shape index (κ2) is 23.0. The molecule has 366 valence electrons. The average molecular weight is 961 g/mol. The van der Waals surface area contributed by atoms with E-state index in [4.69, 9.17) is 0 Å². The Morgan fingerprint density at radius 3 is 1.90 bits per heavy atom. The first-order valence-corrected chi connectivity index (χ1v) is 28.4. The molecule has 2 aliphatic heterocycles. The smallest absolute Gasteiger partial charge is 0.179 e. The quantitative estimate of drug-likeness (QED) is 0.0558. The molecule has 0 saturated carbocycles. The van der Waals surface area contributed by atoms with Crippen LogP contribution in [0.3, 0.4) is 0 Å². The van der Waals surface area contributed by atoms with E-state index < -0.39 is 49.6 Å². The summed E-state index contributed by atoms with van der Waals surface area (Å²) in [5, 5.41) is 25.7. The van der Waals surface area contributed by atoms with E-state index in [1.807, 2.05) is 87.2 Å². The van der Waals surface area contributed by atoms with Crippen LogP contribution in [0.25, 0.3) is 0 Å². The van der Waals surface area contributed by atoms with Gasteiger partial charge in [-0.1, -0.05) is 127 Å². The Bertz CT molecular complexity index is 2540. The van der Waals surface area contributed by atoms with Crippen molar-refractivity contribution in [2.24, 2.45) is 10.8 Å². The number of anilines is 2. The molecule has 2 aliphatic rings. The monoisotopic (exact) mass is 961 g/mol. The zero-order chi connectivity index (χ0) is 48.5. The minimum absolute atomic E-state index is 0.0588. The third-order valence-corrected chi connectivity index (χ3v) is 19.0. The molecule has 0 saturated heterocycles. The van der Waals surface area contributed by atoms with Gasteiger partial charge in [0.25, 0.3) is 0 Å². The highest BCUT2D eigenvalue weighted by molar-refractivity contribution is 7.91. The number of aromatic nitrogens is 1. The molecule has 3 heterocycles. The summed E-state index contributed by atoms with van der Waals surface area (Å²) in [6.07, 6.45) is 13.6. The number of pyridine rings is 1. The predicted molar refractivity (Wildman–Crippen MR) is 280 cm³/mol. The van der Waals surface area contributed by atoms with E-state index in [1.54, 1.807) is 0 Å². The molecule has 1 aromatic heterocycles. The summed E-state index contributed by atoms with van der Waals surface area (Å²) in [5.74, 6) is -0.450. The first-order valence-electron chi connectivity index (χ1n) is 25.5. The number of benzene rings is 4. The molecule has 5 aromatic rings. The fraction of sp³-hybridized carbons (Fsp3) is 0.500. The fourth-order valence-corrected chi connectivity index (χ4v) is 15.4. The van der Waals surface area contributed by atoms with Gasteiger partial charge in [-0.2, -0.15) is 0 Å². The van der Waals surface area contributed by atoms with Crippen molar-refractivity contribution < 1.29 is 27.4 Å². The SMILES string of the molecule is CCCCC1(CCCCCN(C)c2ccc3c(c2)[C@@H](c2cccc(C[n+]4ccccc4)c2)[C@@H](O)C(CCCC)(CCCC)CS3(=O)=O)C[S@](=O)c2ccc(N(C)C)cc2[C@@H](c2ccccc2)[C@H]1O. The molecule has 2 N–H and O–H groups in total. The van der Waals surface area contributed by atoms with Gasteiger partial charge < -0.3 is 20.0 Å². The van der Waals surface area contributed by atoms with Crippen molar-refractivity contribution in [2.75, 3.05) is 49.0 Å². The Labute approximate surface area is 411 Å². The molecule has 10 heteroatoms. The number of sulfone groups is 1. The Hall–Kier alpha value is -4.35. The van der Waals surface area contributed by atoms with Gasteiger partial charge in [0, 0.05) is 90.1 Å². The van der Waals surface area contributed by atoms with Crippen molar-refractivity contribution in [3.8, 4) is 0 Å². The van der Waals surface area contributed by atoms with Gasteiger partial charge >= 0.3 is 0 Å². The third-order valence-electron chi connectivity index (χ3n) is 15.3. The fourth-order valence-electron chi connectivity index (χ4n) is 11.4. The number of rotatable bonds is 21. The maximum atomic E-state index is 14.7.